The van der Waals surface area contributed by atoms with E-state index in [1.165, 1.54) is 0 Å². The van der Waals surface area contributed by atoms with Crippen LogP contribution in [0.5, 0.6) is 0 Å². The van der Waals surface area contributed by atoms with Crippen LogP contribution >= 0.6 is 0 Å². The molecule has 0 aliphatic heterocycles. The van der Waals surface area contributed by atoms with Gasteiger partial charge in [0.25, 0.3) is 0 Å². The molecule has 0 radical (unpaired) electrons. The Morgan fingerprint density at radius 2 is 1.14 bits per heavy atom. The Bertz CT molecular complexity index is 1220. The lowest BCUT2D eigenvalue weighted by molar-refractivity contribution is 1.07. The molecule has 0 bridgehead atoms. The van der Waals surface area contributed by atoms with Crippen LogP contribution < -0.4 is 0 Å². The fraction of sp³-hybridized carbons (Fsp3) is 0.0417. The largest absolute Gasteiger partial charge is 0.238 e. The number of hydrogen-bond donors (Lipinski definition) is 0. The minimum atomic E-state index is 0.493. The highest BCUT2D eigenvalue weighted by Gasteiger charge is 2.14. The smallest absolute Gasteiger partial charge is 0.187 e. The molecular formula is C24H15N5. The molecule has 0 saturated carbocycles. The van der Waals surface area contributed by atoms with Gasteiger partial charge in [0.15, 0.2) is 28.8 Å². The molecule has 4 aromatic rings. The molecular weight excluding hydrogens is 358 g/mol. The fourth-order valence-electron chi connectivity index (χ4n) is 3.01. The Labute approximate surface area is 169 Å². The normalized spacial score (nSPS) is 10.2. The monoisotopic (exact) mass is 373 g/mol. The Balaban J connectivity index is 1.96. The summed E-state index contributed by atoms with van der Waals surface area (Å²) in [7, 11) is 0. The van der Waals surface area contributed by atoms with E-state index in [1.54, 1.807) is 24.3 Å². The summed E-state index contributed by atoms with van der Waals surface area (Å²) < 4.78 is 0. The molecule has 5 heteroatoms. The van der Waals surface area contributed by atoms with Gasteiger partial charge in [0.1, 0.15) is 0 Å². The SMILES string of the molecule is [C-]#[N+]c1cccc(-c2nc(-c3cccc([N+]#[C-])c3)nc(-c3ccccc3C)n2)c1. The van der Waals surface area contributed by atoms with Crippen molar-refractivity contribution in [2.24, 2.45) is 0 Å². The van der Waals surface area contributed by atoms with E-state index in [4.69, 9.17) is 23.1 Å². The average Bonchev–Trinajstić information content (AvgIpc) is 2.79. The quantitative estimate of drug-likeness (QED) is 0.397. The van der Waals surface area contributed by atoms with Crippen molar-refractivity contribution < 1.29 is 0 Å². The highest BCUT2D eigenvalue weighted by molar-refractivity contribution is 5.71. The van der Waals surface area contributed by atoms with Gasteiger partial charge in [-0.15, -0.1) is 0 Å². The van der Waals surface area contributed by atoms with E-state index >= 15 is 0 Å². The highest BCUT2D eigenvalue weighted by atomic mass is 15.0. The first-order valence-electron chi connectivity index (χ1n) is 8.96. The van der Waals surface area contributed by atoms with E-state index < -0.39 is 0 Å². The van der Waals surface area contributed by atoms with Crippen LogP contribution in [0.1, 0.15) is 5.56 Å². The summed E-state index contributed by atoms with van der Waals surface area (Å²) in [4.78, 5) is 21.0. The predicted molar refractivity (Wildman–Crippen MR) is 113 cm³/mol. The molecule has 0 aliphatic rings. The lowest BCUT2D eigenvalue weighted by Crippen LogP contribution is -2.00. The summed E-state index contributed by atoms with van der Waals surface area (Å²) in [5, 5.41) is 0. The van der Waals surface area contributed by atoms with E-state index in [2.05, 4.69) is 14.7 Å². The maximum absolute atomic E-state index is 7.27. The van der Waals surface area contributed by atoms with Crippen molar-refractivity contribution in [1.29, 1.82) is 0 Å². The lowest BCUT2D eigenvalue weighted by Gasteiger charge is -2.10. The molecule has 4 rings (SSSR count). The second-order valence-electron chi connectivity index (χ2n) is 6.45. The third-order valence-electron chi connectivity index (χ3n) is 4.49. The van der Waals surface area contributed by atoms with Crippen LogP contribution in [0.4, 0.5) is 11.4 Å². The predicted octanol–water partition coefficient (Wildman–Crippen LogP) is 6.28. The first-order valence-corrected chi connectivity index (χ1v) is 8.96. The van der Waals surface area contributed by atoms with E-state index in [9.17, 15) is 0 Å². The van der Waals surface area contributed by atoms with Crippen molar-refractivity contribution in [1.82, 2.24) is 15.0 Å². The Morgan fingerprint density at radius 1 is 0.621 bits per heavy atom. The van der Waals surface area contributed by atoms with Gasteiger partial charge in [-0.3, -0.25) is 0 Å². The third kappa shape index (κ3) is 3.71. The third-order valence-corrected chi connectivity index (χ3v) is 4.49. The van der Waals surface area contributed by atoms with Crippen LogP contribution in [-0.2, 0) is 0 Å². The second-order valence-corrected chi connectivity index (χ2v) is 6.45. The molecule has 0 aliphatic carbocycles. The molecule has 0 spiro atoms. The first kappa shape index (κ1) is 18.0. The number of nitrogens with zero attached hydrogens (tertiary/aromatic N) is 5. The number of benzene rings is 3. The fourth-order valence-corrected chi connectivity index (χ4v) is 3.01. The van der Waals surface area contributed by atoms with E-state index in [1.807, 2.05) is 55.5 Å². The first-order chi connectivity index (χ1) is 14.2. The molecule has 1 aromatic heterocycles. The molecule has 1 heterocycles. The van der Waals surface area contributed by atoms with Crippen LogP contribution in [0, 0.1) is 20.1 Å². The number of hydrogen-bond acceptors (Lipinski definition) is 3. The average molecular weight is 373 g/mol. The summed E-state index contributed by atoms with van der Waals surface area (Å²) in [6.45, 7) is 16.6. The van der Waals surface area contributed by atoms with Crippen LogP contribution in [0.25, 0.3) is 43.9 Å². The molecule has 0 fully saturated rings. The minimum absolute atomic E-state index is 0.493. The van der Waals surface area contributed by atoms with Gasteiger partial charge in [0.2, 0.25) is 0 Å². The van der Waals surface area contributed by atoms with Crippen molar-refractivity contribution >= 4 is 11.4 Å². The maximum atomic E-state index is 7.27. The molecule has 29 heavy (non-hydrogen) atoms. The van der Waals surface area contributed by atoms with Crippen LogP contribution in [0.3, 0.4) is 0 Å². The van der Waals surface area contributed by atoms with Crippen molar-refractivity contribution in [3.8, 4) is 34.2 Å². The van der Waals surface area contributed by atoms with Crippen molar-refractivity contribution in [3.05, 3.63) is 101 Å². The van der Waals surface area contributed by atoms with Gasteiger partial charge in [-0.05, 0) is 24.6 Å². The zero-order chi connectivity index (χ0) is 20.2. The van der Waals surface area contributed by atoms with Gasteiger partial charge in [-0.25, -0.2) is 24.6 Å². The van der Waals surface area contributed by atoms with Crippen LogP contribution in [0.15, 0.2) is 72.8 Å². The van der Waals surface area contributed by atoms with Crippen molar-refractivity contribution in [2.75, 3.05) is 0 Å². The summed E-state index contributed by atoms with van der Waals surface area (Å²) in [5.74, 6) is 1.54. The van der Waals surface area contributed by atoms with Crippen LogP contribution in [0.2, 0.25) is 0 Å². The Morgan fingerprint density at radius 3 is 1.66 bits per heavy atom. The lowest BCUT2D eigenvalue weighted by atomic mass is 10.1. The van der Waals surface area contributed by atoms with E-state index in [0.717, 1.165) is 22.3 Å². The van der Waals surface area contributed by atoms with Crippen LogP contribution in [-0.4, -0.2) is 15.0 Å². The standard InChI is InChI=1S/C24H15N5/c1-16-8-4-5-13-21(16)24-28-22(17-9-6-11-19(14-17)25-2)27-23(29-24)18-10-7-12-20(15-18)26-3/h4-15H,1H3. The number of rotatable bonds is 3. The van der Waals surface area contributed by atoms with Gasteiger partial charge < -0.3 is 0 Å². The van der Waals surface area contributed by atoms with Gasteiger partial charge >= 0.3 is 0 Å². The zero-order valence-electron chi connectivity index (χ0n) is 15.7. The summed E-state index contributed by atoms with van der Waals surface area (Å²) >= 11 is 0. The van der Waals surface area contributed by atoms with E-state index in [-0.39, 0.29) is 0 Å². The van der Waals surface area contributed by atoms with Gasteiger partial charge in [-0.2, -0.15) is 0 Å². The second kappa shape index (κ2) is 7.72. The topological polar surface area (TPSA) is 47.4 Å². The molecule has 5 nitrogen and oxygen atoms in total. The molecule has 136 valence electrons. The summed E-state index contributed by atoms with van der Waals surface area (Å²) in [6.07, 6.45) is 0. The molecule has 0 amide bonds. The molecule has 0 unspecified atom stereocenters. The molecule has 0 atom stereocenters. The van der Waals surface area contributed by atoms with E-state index in [0.29, 0.717) is 28.8 Å². The molecule has 3 aromatic carbocycles. The van der Waals surface area contributed by atoms with Crippen molar-refractivity contribution in [3.63, 3.8) is 0 Å². The zero-order valence-corrected chi connectivity index (χ0v) is 15.7. The van der Waals surface area contributed by atoms with Gasteiger partial charge in [-0.1, -0.05) is 60.7 Å². The molecule has 0 saturated heterocycles. The Hall–Kier alpha value is -4.35. The maximum Gasteiger partial charge on any atom is 0.187 e. The summed E-state index contributed by atoms with van der Waals surface area (Å²) in [5.41, 5.74) is 4.52. The minimum Gasteiger partial charge on any atom is -0.238 e. The molecule has 0 N–H and O–H groups in total. The van der Waals surface area contributed by atoms with Gasteiger partial charge in [0.05, 0.1) is 13.1 Å². The number of aryl methyl sites for hydroxylation is 1. The van der Waals surface area contributed by atoms with Crippen molar-refractivity contribution in [2.45, 2.75) is 6.92 Å². The Kier molecular flexibility index (Phi) is 4.80. The highest BCUT2D eigenvalue weighted by Crippen LogP contribution is 2.29. The number of aromatic nitrogens is 3. The van der Waals surface area contributed by atoms with Gasteiger partial charge in [0, 0.05) is 16.7 Å². The summed E-state index contributed by atoms with van der Waals surface area (Å²) in [6, 6.07) is 22.3.